The summed E-state index contributed by atoms with van der Waals surface area (Å²) in [6, 6.07) is 8.18. The van der Waals surface area contributed by atoms with E-state index in [9.17, 15) is 9.18 Å². The molecular formula is C19H21ClFN3O2S. The van der Waals surface area contributed by atoms with Crippen LogP contribution in [0.15, 0.2) is 30.3 Å². The zero-order chi connectivity index (χ0) is 20.1. The molecular weight excluding hydrogens is 389 g/mol. The Morgan fingerprint density at radius 1 is 1.11 bits per heavy atom. The predicted molar refractivity (Wildman–Crippen MR) is 110 cm³/mol. The number of amides is 1. The van der Waals surface area contributed by atoms with Crippen molar-refractivity contribution in [3.8, 4) is 5.75 Å². The second-order valence-electron chi connectivity index (χ2n) is 6.16. The number of benzene rings is 2. The van der Waals surface area contributed by atoms with Gasteiger partial charge in [0, 0.05) is 10.7 Å². The number of hydrogen-bond donors (Lipinski definition) is 3. The van der Waals surface area contributed by atoms with Gasteiger partial charge in [0.15, 0.2) is 11.2 Å². The van der Waals surface area contributed by atoms with E-state index in [0.717, 1.165) is 11.1 Å². The number of thiocarbonyl (C=S) groups is 1. The van der Waals surface area contributed by atoms with Gasteiger partial charge in [-0.3, -0.25) is 15.6 Å². The summed E-state index contributed by atoms with van der Waals surface area (Å²) in [4.78, 5) is 12.2. The molecule has 0 aromatic heterocycles. The van der Waals surface area contributed by atoms with Gasteiger partial charge in [-0.2, -0.15) is 0 Å². The minimum atomic E-state index is -0.768. The first kappa shape index (κ1) is 20.9. The van der Waals surface area contributed by atoms with Crippen LogP contribution in [0.2, 0.25) is 5.02 Å². The number of aryl methyl sites for hydroxylation is 3. The zero-order valence-electron chi connectivity index (χ0n) is 15.4. The van der Waals surface area contributed by atoms with E-state index < -0.39 is 12.0 Å². The van der Waals surface area contributed by atoms with Crippen LogP contribution in [0.5, 0.6) is 5.75 Å². The highest BCUT2D eigenvalue weighted by Crippen LogP contribution is 2.27. The van der Waals surface area contributed by atoms with Crippen molar-refractivity contribution in [2.24, 2.45) is 0 Å². The molecule has 0 bridgehead atoms. The second kappa shape index (κ2) is 9.01. The second-order valence-corrected chi connectivity index (χ2v) is 7.01. The van der Waals surface area contributed by atoms with Gasteiger partial charge >= 0.3 is 0 Å². The molecule has 1 amide bonds. The van der Waals surface area contributed by atoms with Crippen LogP contribution < -0.4 is 20.9 Å². The lowest BCUT2D eigenvalue weighted by Crippen LogP contribution is -2.48. The summed E-state index contributed by atoms with van der Waals surface area (Å²) in [5.41, 5.74) is 7.71. The molecule has 0 spiro atoms. The third kappa shape index (κ3) is 5.80. The van der Waals surface area contributed by atoms with Gasteiger partial charge < -0.3 is 10.1 Å². The molecule has 2 aromatic carbocycles. The fraction of sp³-hybridized carbons (Fsp3) is 0.263. The van der Waals surface area contributed by atoms with Gasteiger partial charge in [-0.15, -0.1) is 0 Å². The Bertz CT molecular complexity index is 853. The molecule has 144 valence electrons. The van der Waals surface area contributed by atoms with E-state index in [2.05, 4.69) is 16.2 Å². The Hall–Kier alpha value is -2.38. The summed E-state index contributed by atoms with van der Waals surface area (Å²) in [6.45, 7) is 7.01. The lowest BCUT2D eigenvalue weighted by Gasteiger charge is -2.19. The van der Waals surface area contributed by atoms with E-state index in [1.165, 1.54) is 6.07 Å². The molecule has 3 N–H and O–H groups in total. The van der Waals surface area contributed by atoms with Crippen molar-refractivity contribution in [2.75, 3.05) is 5.32 Å². The van der Waals surface area contributed by atoms with Crippen LogP contribution in [-0.2, 0) is 4.79 Å². The van der Waals surface area contributed by atoms with Crippen molar-refractivity contribution in [1.82, 2.24) is 10.9 Å². The Kier molecular flexibility index (Phi) is 6.98. The quantitative estimate of drug-likeness (QED) is 0.522. The molecule has 1 atom stereocenters. The number of nitrogens with one attached hydrogen (secondary N) is 3. The van der Waals surface area contributed by atoms with Gasteiger partial charge in [0.25, 0.3) is 5.91 Å². The number of hydrogen-bond acceptors (Lipinski definition) is 3. The minimum Gasteiger partial charge on any atom is -0.480 e. The molecule has 0 saturated carbocycles. The van der Waals surface area contributed by atoms with E-state index in [0.29, 0.717) is 22.0 Å². The lowest BCUT2D eigenvalue weighted by atomic mass is 10.1. The molecule has 27 heavy (non-hydrogen) atoms. The number of hydrazine groups is 1. The van der Waals surface area contributed by atoms with Crippen LogP contribution in [0.25, 0.3) is 0 Å². The van der Waals surface area contributed by atoms with Crippen molar-refractivity contribution < 1.29 is 13.9 Å². The van der Waals surface area contributed by atoms with Crippen LogP contribution in [0, 0.1) is 26.6 Å². The predicted octanol–water partition coefficient (Wildman–Crippen LogP) is 4.19. The lowest BCUT2D eigenvalue weighted by molar-refractivity contribution is -0.127. The third-order valence-electron chi connectivity index (χ3n) is 3.82. The molecule has 0 unspecified atom stereocenters. The van der Waals surface area contributed by atoms with E-state index >= 15 is 0 Å². The molecule has 5 nitrogen and oxygen atoms in total. The first-order valence-electron chi connectivity index (χ1n) is 8.23. The standard InChI is InChI=1S/C19H21ClFN3O2S/c1-10-5-6-15(9-16(10)21)22-19(27)24-23-18(25)13(4)26-17-11(2)7-14(20)8-12(17)3/h5-9,13H,1-4H3,(H,23,25)(H2,22,24,27)/t13-/m0/s1. The smallest absolute Gasteiger partial charge is 0.279 e. The Labute approximate surface area is 168 Å². The molecule has 2 aromatic rings. The van der Waals surface area contributed by atoms with Gasteiger partial charge in [0.2, 0.25) is 0 Å². The normalized spacial score (nSPS) is 11.5. The summed E-state index contributed by atoms with van der Waals surface area (Å²) < 4.78 is 19.3. The van der Waals surface area contributed by atoms with Crippen LogP contribution in [0.1, 0.15) is 23.6 Å². The maximum absolute atomic E-state index is 13.5. The first-order valence-corrected chi connectivity index (χ1v) is 9.02. The van der Waals surface area contributed by atoms with Crippen molar-refractivity contribution >= 4 is 40.5 Å². The molecule has 8 heteroatoms. The highest BCUT2D eigenvalue weighted by Gasteiger charge is 2.17. The highest BCUT2D eigenvalue weighted by molar-refractivity contribution is 7.80. The highest BCUT2D eigenvalue weighted by atomic mass is 35.5. The Balaban J connectivity index is 1.89. The van der Waals surface area contributed by atoms with E-state index in [1.54, 1.807) is 38.1 Å². The maximum Gasteiger partial charge on any atom is 0.279 e. The third-order valence-corrected chi connectivity index (χ3v) is 4.24. The van der Waals surface area contributed by atoms with E-state index in [1.807, 2.05) is 13.8 Å². The molecule has 0 fully saturated rings. The van der Waals surface area contributed by atoms with Gasteiger partial charge in [0.1, 0.15) is 11.6 Å². The van der Waals surface area contributed by atoms with Crippen molar-refractivity contribution in [3.05, 3.63) is 57.9 Å². The molecule has 0 radical (unpaired) electrons. The summed E-state index contributed by atoms with van der Waals surface area (Å²) in [5.74, 6) is -0.150. The largest absolute Gasteiger partial charge is 0.480 e. The van der Waals surface area contributed by atoms with Crippen LogP contribution in [-0.4, -0.2) is 17.1 Å². The molecule has 0 aliphatic rings. The Morgan fingerprint density at radius 2 is 1.74 bits per heavy atom. The molecule has 2 rings (SSSR count). The number of anilines is 1. The van der Waals surface area contributed by atoms with E-state index in [4.69, 9.17) is 28.6 Å². The minimum absolute atomic E-state index is 0.123. The van der Waals surface area contributed by atoms with Gasteiger partial charge in [-0.05, 0) is 80.9 Å². The summed E-state index contributed by atoms with van der Waals surface area (Å²) >= 11 is 11.1. The number of ether oxygens (including phenoxy) is 1. The number of carbonyl (C=O) groups excluding carboxylic acids is 1. The average Bonchev–Trinajstić information content (AvgIpc) is 2.59. The van der Waals surface area contributed by atoms with Gasteiger partial charge in [-0.25, -0.2) is 4.39 Å². The number of carbonyl (C=O) groups is 1. The fourth-order valence-electron chi connectivity index (χ4n) is 2.37. The van der Waals surface area contributed by atoms with Crippen molar-refractivity contribution in [1.29, 1.82) is 0 Å². The van der Waals surface area contributed by atoms with E-state index in [-0.39, 0.29) is 10.9 Å². The average molecular weight is 410 g/mol. The summed E-state index contributed by atoms with van der Waals surface area (Å²) in [7, 11) is 0. The number of rotatable bonds is 4. The van der Waals surface area contributed by atoms with Crippen LogP contribution >= 0.6 is 23.8 Å². The van der Waals surface area contributed by atoms with Crippen molar-refractivity contribution in [2.45, 2.75) is 33.8 Å². The van der Waals surface area contributed by atoms with Gasteiger partial charge in [0.05, 0.1) is 0 Å². The molecule has 0 aliphatic heterocycles. The maximum atomic E-state index is 13.5. The molecule has 0 saturated heterocycles. The topological polar surface area (TPSA) is 62.4 Å². The summed E-state index contributed by atoms with van der Waals surface area (Å²) in [6.07, 6.45) is -0.768. The van der Waals surface area contributed by atoms with Crippen LogP contribution in [0.3, 0.4) is 0 Å². The SMILES string of the molecule is Cc1ccc(NC(=S)NNC(=O)[C@H](C)Oc2c(C)cc(Cl)cc2C)cc1F. The van der Waals surface area contributed by atoms with Gasteiger partial charge in [-0.1, -0.05) is 17.7 Å². The van der Waals surface area contributed by atoms with Crippen molar-refractivity contribution in [3.63, 3.8) is 0 Å². The molecule has 0 aliphatic carbocycles. The molecule has 0 heterocycles. The zero-order valence-corrected chi connectivity index (χ0v) is 17.0. The Morgan fingerprint density at radius 3 is 2.33 bits per heavy atom. The monoisotopic (exact) mass is 409 g/mol. The van der Waals surface area contributed by atoms with Crippen LogP contribution in [0.4, 0.5) is 10.1 Å². The fourth-order valence-corrected chi connectivity index (χ4v) is 2.86. The summed E-state index contributed by atoms with van der Waals surface area (Å²) in [5, 5.41) is 3.52. The first-order chi connectivity index (χ1) is 12.7. The number of halogens is 2.